The number of aliphatic hydroxyl groups excluding tert-OH is 1. The van der Waals surface area contributed by atoms with Crippen LogP contribution in [0.5, 0.6) is 0 Å². The zero-order valence-corrected chi connectivity index (χ0v) is 31.8. The number of amides is 1. The zero-order valence-electron chi connectivity index (χ0n) is 31.8. The van der Waals surface area contributed by atoms with Gasteiger partial charge in [0.15, 0.2) is 12.1 Å². The number of esters is 1. The third-order valence-electron chi connectivity index (χ3n) is 10.1. The molecule has 9 heteroatoms. The van der Waals surface area contributed by atoms with E-state index < -0.39 is 17.7 Å². The Hall–Kier alpha value is -1.55. The molecule has 0 aromatic rings. The van der Waals surface area contributed by atoms with E-state index in [9.17, 15) is 14.4 Å². The van der Waals surface area contributed by atoms with Crippen molar-refractivity contribution in [1.82, 2.24) is 14.7 Å². The summed E-state index contributed by atoms with van der Waals surface area (Å²) in [5, 5.41) is 9.03. The molecule has 1 saturated carbocycles. The Balaban J connectivity index is 0.00000150. The predicted octanol–water partition coefficient (Wildman–Crippen LogP) is 6.12. The van der Waals surface area contributed by atoms with E-state index in [0.717, 1.165) is 57.9 Å². The minimum atomic E-state index is -1.13. The average molecular weight is 656 g/mol. The van der Waals surface area contributed by atoms with Crippen molar-refractivity contribution in [3.63, 3.8) is 0 Å². The van der Waals surface area contributed by atoms with E-state index in [-0.39, 0.29) is 37.2 Å². The number of ether oxygens (including phenoxy) is 2. The van der Waals surface area contributed by atoms with Crippen LogP contribution in [0.15, 0.2) is 0 Å². The van der Waals surface area contributed by atoms with Gasteiger partial charge >= 0.3 is 5.97 Å². The maximum Gasteiger partial charge on any atom is 0.319 e. The maximum absolute atomic E-state index is 13.1. The molecule has 0 unspecified atom stereocenters. The van der Waals surface area contributed by atoms with Crippen LogP contribution in [0.1, 0.15) is 115 Å². The van der Waals surface area contributed by atoms with Crippen LogP contribution < -0.4 is 0 Å². The van der Waals surface area contributed by atoms with E-state index >= 15 is 0 Å². The number of ketones is 1. The number of likely N-dealkylation sites (N-methyl/N-ethyl adjacent to an activating group) is 3. The zero-order chi connectivity index (χ0) is 35.4. The normalized spacial score (nSPS) is 34.7. The van der Waals surface area contributed by atoms with Crippen molar-refractivity contribution < 1.29 is 30.4 Å². The Morgan fingerprint density at radius 2 is 1.48 bits per heavy atom. The number of rotatable bonds is 4. The summed E-state index contributed by atoms with van der Waals surface area (Å²) in [5.74, 6) is 1.52. The quantitative estimate of drug-likeness (QED) is 0.286. The number of hydrogen-bond acceptors (Lipinski definition) is 8. The second-order valence-corrected chi connectivity index (χ2v) is 15.5. The molecule has 0 bridgehead atoms. The fraction of sp³-hybridized carbons (Fsp3) is 0.919. The third-order valence-corrected chi connectivity index (χ3v) is 10.1. The van der Waals surface area contributed by atoms with Crippen molar-refractivity contribution in [3.8, 4) is 0 Å². The van der Waals surface area contributed by atoms with Gasteiger partial charge in [0.2, 0.25) is 5.91 Å². The van der Waals surface area contributed by atoms with Gasteiger partial charge in [-0.15, -0.1) is 0 Å². The van der Waals surface area contributed by atoms with Crippen LogP contribution >= 0.6 is 0 Å². The predicted molar refractivity (Wildman–Crippen MR) is 188 cm³/mol. The minimum absolute atomic E-state index is 0. The summed E-state index contributed by atoms with van der Waals surface area (Å²) in [7, 11) is 7.91. The van der Waals surface area contributed by atoms with E-state index in [1.165, 1.54) is 0 Å². The fourth-order valence-electron chi connectivity index (χ4n) is 7.72. The maximum atomic E-state index is 13.1. The summed E-state index contributed by atoms with van der Waals surface area (Å²) in [6.07, 6.45) is 7.40. The SMILES string of the molecule is CC.C[C@@H]1C[C@@H](C)CN(C)[C@@H](C2CCC(N(C)C(=O)CN(C)C)CC2)COC(=O)C(C)(C)C(=O)[C@H](C)C1.C[C@H]1C[C@@H](C)O[C@@H](O)C1.[HH]. The standard InChI is InChI=1S/C28H51N3O4.C7H14O2.C2H6.H2/c1-19-14-20(2)16-30(8)24(18-35-27(34)28(4,5)26(33)21(3)15-19)22-10-12-23(13-11-22)31(9)25(32)17-29(6)7;1-5-3-6(2)9-7(8)4-5;1-2;/h19-24H,10-18H2,1-9H3;5-8H,3-4H2,1-2H3;1-2H3;1H/t19-,20-,21-,22?,23?,24-;5-,6+,7+;;/m10../s1. The van der Waals surface area contributed by atoms with Crippen molar-refractivity contribution in [1.29, 1.82) is 0 Å². The molecular weight excluding hydrogens is 582 g/mol. The Morgan fingerprint density at radius 1 is 0.913 bits per heavy atom. The van der Waals surface area contributed by atoms with Crippen LogP contribution in [0, 0.1) is 35.0 Å². The van der Waals surface area contributed by atoms with Gasteiger partial charge in [0.05, 0.1) is 12.6 Å². The first-order valence-electron chi connectivity index (χ1n) is 18.1. The highest BCUT2D eigenvalue weighted by atomic mass is 16.6. The molecule has 0 aromatic heterocycles. The van der Waals surface area contributed by atoms with E-state index in [1.54, 1.807) is 13.8 Å². The molecule has 1 N–H and O–H groups in total. The van der Waals surface area contributed by atoms with Crippen LogP contribution in [0.25, 0.3) is 0 Å². The highest BCUT2D eigenvalue weighted by Crippen LogP contribution is 2.34. The monoisotopic (exact) mass is 656 g/mol. The fourth-order valence-corrected chi connectivity index (χ4v) is 7.72. The largest absolute Gasteiger partial charge is 0.463 e. The van der Waals surface area contributed by atoms with Crippen LogP contribution in [0.4, 0.5) is 0 Å². The van der Waals surface area contributed by atoms with Crippen LogP contribution in [0.3, 0.4) is 0 Å². The summed E-state index contributed by atoms with van der Waals surface area (Å²) in [4.78, 5) is 44.9. The molecule has 2 heterocycles. The van der Waals surface area contributed by atoms with Gasteiger partial charge in [-0.2, -0.15) is 0 Å². The Bertz CT molecular complexity index is 901. The molecule has 0 aromatic carbocycles. The lowest BCUT2D eigenvalue weighted by Gasteiger charge is -2.41. The Kier molecular flexibility index (Phi) is 18.5. The van der Waals surface area contributed by atoms with Crippen molar-refractivity contribution in [3.05, 3.63) is 0 Å². The third kappa shape index (κ3) is 13.5. The van der Waals surface area contributed by atoms with Crippen molar-refractivity contribution in [2.24, 2.45) is 35.0 Å². The topological polar surface area (TPSA) is 99.6 Å². The first-order valence-corrected chi connectivity index (χ1v) is 18.1. The van der Waals surface area contributed by atoms with Gasteiger partial charge in [-0.3, -0.25) is 19.3 Å². The van der Waals surface area contributed by atoms with Crippen LogP contribution in [0.2, 0.25) is 0 Å². The molecule has 3 aliphatic rings. The lowest BCUT2D eigenvalue weighted by Crippen LogP contribution is -2.49. The smallest absolute Gasteiger partial charge is 0.319 e. The van der Waals surface area contributed by atoms with E-state index in [2.05, 4.69) is 32.7 Å². The molecule has 46 heavy (non-hydrogen) atoms. The molecule has 0 spiro atoms. The number of aliphatic hydroxyl groups is 1. The van der Waals surface area contributed by atoms with Gasteiger partial charge < -0.3 is 24.4 Å². The summed E-state index contributed by atoms with van der Waals surface area (Å²) in [5.41, 5.74) is -1.13. The second kappa shape index (κ2) is 20.1. The first kappa shape index (κ1) is 42.5. The summed E-state index contributed by atoms with van der Waals surface area (Å²) < 4.78 is 11.0. The molecule has 2 aliphatic heterocycles. The highest BCUT2D eigenvalue weighted by Gasteiger charge is 2.42. The van der Waals surface area contributed by atoms with Crippen molar-refractivity contribution in [2.45, 2.75) is 138 Å². The molecule has 2 saturated heterocycles. The van der Waals surface area contributed by atoms with Gasteiger partial charge in [0.25, 0.3) is 0 Å². The molecule has 3 rings (SSSR count). The molecule has 7 atom stereocenters. The number of carbonyl (C=O) groups excluding carboxylic acids is 3. The van der Waals surface area contributed by atoms with E-state index in [1.807, 2.05) is 58.6 Å². The van der Waals surface area contributed by atoms with Gasteiger partial charge in [-0.05, 0) is 111 Å². The van der Waals surface area contributed by atoms with Gasteiger partial charge in [-0.1, -0.05) is 41.5 Å². The van der Waals surface area contributed by atoms with Gasteiger partial charge in [-0.25, -0.2) is 0 Å². The second-order valence-electron chi connectivity index (χ2n) is 15.5. The van der Waals surface area contributed by atoms with Gasteiger partial charge in [0, 0.05) is 39.4 Å². The highest BCUT2D eigenvalue weighted by molar-refractivity contribution is 6.03. The lowest BCUT2D eigenvalue weighted by atomic mass is 9.78. The van der Waals surface area contributed by atoms with E-state index in [4.69, 9.17) is 14.6 Å². The molecule has 1 amide bonds. The number of Topliss-reactive ketones (excluding diaryl/α,β-unsaturated/α-hetero) is 1. The Morgan fingerprint density at radius 3 is 2.00 bits per heavy atom. The molecular formula is C37H73N3O6. The number of carbonyl (C=O) groups is 3. The number of hydrogen-bond donors (Lipinski definition) is 1. The molecule has 3 fully saturated rings. The molecule has 1 aliphatic carbocycles. The number of nitrogens with zero attached hydrogens (tertiary/aromatic N) is 3. The number of cyclic esters (lactones) is 1. The molecule has 9 nitrogen and oxygen atoms in total. The Labute approximate surface area is 283 Å². The average Bonchev–Trinajstić information content (AvgIpc) is 2.96. The molecule has 0 radical (unpaired) electrons. The summed E-state index contributed by atoms with van der Waals surface area (Å²) in [6.45, 7) is 19.7. The minimum Gasteiger partial charge on any atom is -0.463 e. The molecule has 272 valence electrons. The van der Waals surface area contributed by atoms with Crippen molar-refractivity contribution >= 4 is 17.7 Å². The van der Waals surface area contributed by atoms with Crippen molar-refractivity contribution in [2.75, 3.05) is 47.9 Å². The van der Waals surface area contributed by atoms with Crippen LogP contribution in [-0.4, -0.2) is 110 Å². The first-order chi connectivity index (χ1) is 21.4. The lowest BCUT2D eigenvalue weighted by molar-refractivity contribution is -0.169. The van der Waals surface area contributed by atoms with E-state index in [0.29, 0.717) is 36.8 Å². The summed E-state index contributed by atoms with van der Waals surface area (Å²) in [6, 6.07) is 0.378. The van der Waals surface area contributed by atoms with Gasteiger partial charge in [0.1, 0.15) is 12.0 Å². The van der Waals surface area contributed by atoms with Crippen LogP contribution in [-0.2, 0) is 23.9 Å². The summed E-state index contributed by atoms with van der Waals surface area (Å²) >= 11 is 0.